The number of aliphatic hydroxyl groups is 1. The molecule has 0 fully saturated rings. The summed E-state index contributed by atoms with van der Waals surface area (Å²) in [6.45, 7) is 3.45. The fourth-order valence-corrected chi connectivity index (χ4v) is 4.26. The van der Waals surface area contributed by atoms with Crippen molar-refractivity contribution in [1.29, 1.82) is 0 Å². The standard InChI is InChI=1S/C24H21ClN2O7S/c1-3-20(28)26-23-21(24(30)33-4-2)22(29)19(35-23)12-14-8-9-18(17(25)11-14)34-13-15-6-5-7-16(10-15)27(31)32/h5-12,29H,3-4,13H2,1-2H3/b19-12-,26-23?. The van der Waals surface area contributed by atoms with Crippen LogP contribution in [0.3, 0.4) is 0 Å². The number of nitrogens with zero attached hydrogens (tertiary/aromatic N) is 2. The van der Waals surface area contributed by atoms with Crippen LogP contribution in [-0.2, 0) is 20.9 Å². The zero-order valence-corrected chi connectivity index (χ0v) is 20.4. The van der Waals surface area contributed by atoms with Gasteiger partial charge in [-0.15, -0.1) is 0 Å². The molecule has 0 saturated carbocycles. The Kier molecular flexibility index (Phi) is 8.67. The van der Waals surface area contributed by atoms with Crippen LogP contribution in [0.2, 0.25) is 5.02 Å². The van der Waals surface area contributed by atoms with Crippen LogP contribution < -0.4 is 4.74 Å². The number of non-ortho nitro benzene ring substituents is 1. The van der Waals surface area contributed by atoms with Gasteiger partial charge in [-0.1, -0.05) is 48.5 Å². The van der Waals surface area contributed by atoms with Crippen LogP contribution in [-0.4, -0.2) is 33.6 Å². The van der Waals surface area contributed by atoms with Gasteiger partial charge in [0.25, 0.3) is 5.69 Å². The number of carbonyl (C=O) groups excluding carboxylic acids is 2. The molecule has 0 aromatic heterocycles. The van der Waals surface area contributed by atoms with Gasteiger partial charge in [0.05, 0.1) is 21.5 Å². The highest BCUT2D eigenvalue weighted by Crippen LogP contribution is 2.40. The normalized spacial score (nSPS) is 15.5. The van der Waals surface area contributed by atoms with Gasteiger partial charge in [0.1, 0.15) is 28.7 Å². The summed E-state index contributed by atoms with van der Waals surface area (Å²) in [6.07, 6.45) is 1.74. The molecule has 0 spiro atoms. The number of carbonyl (C=O) groups is 2. The highest BCUT2D eigenvalue weighted by Gasteiger charge is 2.33. The van der Waals surface area contributed by atoms with E-state index in [0.29, 0.717) is 21.8 Å². The first-order chi connectivity index (χ1) is 16.7. The third-order valence-corrected chi connectivity index (χ3v) is 5.98. The monoisotopic (exact) mass is 516 g/mol. The van der Waals surface area contributed by atoms with Gasteiger partial charge in [0.2, 0.25) is 5.91 Å². The topological polar surface area (TPSA) is 128 Å². The van der Waals surface area contributed by atoms with E-state index in [1.165, 1.54) is 12.1 Å². The molecule has 0 unspecified atom stereocenters. The highest BCUT2D eigenvalue weighted by atomic mass is 35.5. The first-order valence-corrected chi connectivity index (χ1v) is 11.7. The van der Waals surface area contributed by atoms with E-state index in [2.05, 4.69) is 4.99 Å². The molecule has 1 N–H and O–H groups in total. The number of hydrogen-bond acceptors (Lipinski definition) is 8. The average Bonchev–Trinajstić information content (AvgIpc) is 3.13. The summed E-state index contributed by atoms with van der Waals surface area (Å²) in [5.74, 6) is -1.18. The predicted molar refractivity (Wildman–Crippen MR) is 133 cm³/mol. The summed E-state index contributed by atoms with van der Waals surface area (Å²) in [7, 11) is 0. The first-order valence-electron chi connectivity index (χ1n) is 10.5. The first kappa shape index (κ1) is 26.0. The van der Waals surface area contributed by atoms with E-state index in [9.17, 15) is 24.8 Å². The maximum absolute atomic E-state index is 12.3. The predicted octanol–water partition coefficient (Wildman–Crippen LogP) is 5.63. The minimum Gasteiger partial charge on any atom is -0.506 e. The van der Waals surface area contributed by atoms with E-state index in [1.54, 1.807) is 50.3 Å². The summed E-state index contributed by atoms with van der Waals surface area (Å²) < 4.78 is 10.7. The molecule has 2 aromatic carbocycles. The third-order valence-electron chi connectivity index (χ3n) is 4.67. The lowest BCUT2D eigenvalue weighted by Crippen LogP contribution is -2.14. The number of benzene rings is 2. The van der Waals surface area contributed by atoms with E-state index in [4.69, 9.17) is 21.1 Å². The van der Waals surface area contributed by atoms with E-state index in [-0.39, 0.29) is 46.7 Å². The Labute approximate surface area is 210 Å². The van der Waals surface area contributed by atoms with E-state index < -0.39 is 16.8 Å². The maximum atomic E-state index is 12.3. The van der Waals surface area contributed by atoms with Crippen LogP contribution in [0.5, 0.6) is 5.75 Å². The third kappa shape index (κ3) is 6.49. The quantitative estimate of drug-likeness (QED) is 0.272. The van der Waals surface area contributed by atoms with Crippen LogP contribution in [0.25, 0.3) is 6.08 Å². The second-order valence-corrected chi connectivity index (χ2v) is 8.56. The van der Waals surface area contributed by atoms with Gasteiger partial charge in [-0.3, -0.25) is 14.9 Å². The van der Waals surface area contributed by atoms with Gasteiger partial charge in [0.15, 0.2) is 0 Å². The largest absolute Gasteiger partial charge is 0.506 e. The van der Waals surface area contributed by atoms with Crippen LogP contribution >= 0.6 is 23.4 Å². The number of halogens is 1. The maximum Gasteiger partial charge on any atom is 0.344 e. The number of rotatable bonds is 8. The number of aliphatic imine (C=N–C) groups is 1. The fourth-order valence-electron chi connectivity index (χ4n) is 2.98. The minimum absolute atomic E-state index is 0.0353. The molecule has 1 aliphatic rings. The number of esters is 1. The second kappa shape index (κ2) is 11.7. The van der Waals surface area contributed by atoms with Gasteiger partial charge in [-0.25, -0.2) is 9.79 Å². The smallest absolute Gasteiger partial charge is 0.344 e. The second-order valence-electron chi connectivity index (χ2n) is 7.12. The number of ether oxygens (including phenoxy) is 2. The number of nitro benzene ring substituents is 1. The Balaban J connectivity index is 1.82. The molecule has 9 nitrogen and oxygen atoms in total. The molecule has 1 heterocycles. The Morgan fingerprint density at radius 2 is 2.00 bits per heavy atom. The van der Waals surface area contributed by atoms with E-state index in [1.807, 2.05) is 0 Å². The zero-order valence-electron chi connectivity index (χ0n) is 18.8. The molecule has 0 saturated heterocycles. The van der Waals surface area contributed by atoms with E-state index >= 15 is 0 Å². The Morgan fingerprint density at radius 1 is 1.23 bits per heavy atom. The zero-order chi connectivity index (χ0) is 25.5. The summed E-state index contributed by atoms with van der Waals surface area (Å²) in [5.41, 5.74) is 1.01. The van der Waals surface area contributed by atoms with Crippen molar-refractivity contribution in [3.05, 3.63) is 85.0 Å². The Morgan fingerprint density at radius 3 is 2.66 bits per heavy atom. The molecule has 35 heavy (non-hydrogen) atoms. The summed E-state index contributed by atoms with van der Waals surface area (Å²) >= 11 is 7.33. The average molecular weight is 517 g/mol. The minimum atomic E-state index is -0.772. The van der Waals surface area contributed by atoms with Crippen LogP contribution in [0, 0.1) is 10.1 Å². The van der Waals surface area contributed by atoms with Crippen molar-refractivity contribution in [2.75, 3.05) is 6.61 Å². The Bertz CT molecular complexity index is 1270. The van der Waals surface area contributed by atoms with Gasteiger partial charge in [-0.05, 0) is 36.3 Å². The molecule has 1 amide bonds. The number of nitro groups is 1. The lowest BCUT2D eigenvalue weighted by molar-refractivity contribution is -0.384. The lowest BCUT2D eigenvalue weighted by Gasteiger charge is -2.09. The van der Waals surface area contributed by atoms with Crippen molar-refractivity contribution in [1.82, 2.24) is 0 Å². The number of aliphatic hydroxyl groups excluding tert-OH is 1. The number of thioether (sulfide) groups is 1. The van der Waals surface area contributed by atoms with Crippen molar-refractivity contribution in [3.8, 4) is 5.75 Å². The van der Waals surface area contributed by atoms with Crippen molar-refractivity contribution >= 4 is 52.0 Å². The molecule has 2 aromatic rings. The van der Waals surface area contributed by atoms with Crippen molar-refractivity contribution in [3.63, 3.8) is 0 Å². The van der Waals surface area contributed by atoms with Gasteiger partial charge in [-0.2, -0.15) is 0 Å². The molecule has 1 aliphatic heterocycles. The van der Waals surface area contributed by atoms with Gasteiger partial charge >= 0.3 is 5.97 Å². The Hall–Kier alpha value is -3.63. The number of amides is 1. The van der Waals surface area contributed by atoms with Crippen molar-refractivity contribution in [2.45, 2.75) is 26.9 Å². The van der Waals surface area contributed by atoms with Crippen LogP contribution in [0.1, 0.15) is 31.4 Å². The van der Waals surface area contributed by atoms with Crippen molar-refractivity contribution < 1.29 is 29.1 Å². The SMILES string of the molecule is CCOC(=O)C1=C(O)/C(=C/c2ccc(OCc3cccc([N+](=O)[O-])c3)c(Cl)c2)SC1=NC(=O)CC. The lowest BCUT2D eigenvalue weighted by atomic mass is 10.1. The van der Waals surface area contributed by atoms with Crippen LogP contribution in [0.4, 0.5) is 5.69 Å². The van der Waals surface area contributed by atoms with Crippen LogP contribution in [0.15, 0.2) is 63.7 Å². The molecule has 182 valence electrons. The molecule has 0 bridgehead atoms. The highest BCUT2D eigenvalue weighted by molar-refractivity contribution is 8.18. The molecule has 11 heteroatoms. The fraction of sp³-hybridized carbons (Fsp3) is 0.208. The molecular formula is C24H21ClN2O7S. The molecular weight excluding hydrogens is 496 g/mol. The number of hydrogen-bond donors (Lipinski definition) is 1. The van der Waals surface area contributed by atoms with Crippen molar-refractivity contribution in [2.24, 2.45) is 4.99 Å². The molecule has 0 atom stereocenters. The van der Waals surface area contributed by atoms with Gasteiger partial charge < -0.3 is 14.6 Å². The summed E-state index contributed by atoms with van der Waals surface area (Å²) in [4.78, 5) is 38.8. The molecule has 0 aliphatic carbocycles. The van der Waals surface area contributed by atoms with E-state index in [0.717, 1.165) is 11.8 Å². The molecule has 0 radical (unpaired) electrons. The summed E-state index contributed by atoms with van der Waals surface area (Å²) in [5, 5.41) is 21.9. The molecule has 3 rings (SSSR count). The summed E-state index contributed by atoms with van der Waals surface area (Å²) in [6, 6.07) is 11.0. The van der Waals surface area contributed by atoms with Gasteiger partial charge in [0, 0.05) is 18.6 Å².